The Kier molecular flexibility index (Phi) is 5.30. The number of benzene rings is 2. The summed E-state index contributed by atoms with van der Waals surface area (Å²) in [4.78, 5) is 1.41. The fourth-order valence-corrected chi connectivity index (χ4v) is 2.76. The number of para-hydroxylation sites is 1. The molecular formula is C19H15ClFN3O2. The zero-order chi connectivity index (χ0) is 18.5. The van der Waals surface area contributed by atoms with Crippen molar-refractivity contribution >= 4 is 23.0 Å². The van der Waals surface area contributed by atoms with Crippen molar-refractivity contribution in [3.05, 3.63) is 77.0 Å². The molecule has 1 aliphatic heterocycles. The normalized spacial score (nSPS) is 13.7. The van der Waals surface area contributed by atoms with Gasteiger partial charge in [-0.25, -0.2) is 4.39 Å². The Bertz CT molecular complexity index is 901. The zero-order valence-corrected chi connectivity index (χ0v) is 14.6. The first kappa shape index (κ1) is 17.6. The van der Waals surface area contributed by atoms with Crippen LogP contribution in [0.1, 0.15) is 0 Å². The fraction of sp³-hybridized carbons (Fsp3) is 0.105. The van der Waals surface area contributed by atoms with E-state index in [1.165, 1.54) is 17.0 Å². The second kappa shape index (κ2) is 7.81. The summed E-state index contributed by atoms with van der Waals surface area (Å²) in [6, 6.07) is 13.8. The molecule has 2 aromatic carbocycles. The summed E-state index contributed by atoms with van der Waals surface area (Å²) in [6.07, 6.45) is 3.24. The quantitative estimate of drug-likeness (QED) is 0.829. The molecule has 5 nitrogen and oxygen atoms in total. The van der Waals surface area contributed by atoms with Gasteiger partial charge in [0.25, 0.3) is 0 Å². The van der Waals surface area contributed by atoms with Gasteiger partial charge in [-0.05, 0) is 30.3 Å². The molecule has 0 saturated carbocycles. The number of nitrogens with one attached hydrogen (secondary N) is 1. The summed E-state index contributed by atoms with van der Waals surface area (Å²) in [5.74, 6) is 0.522. The van der Waals surface area contributed by atoms with Gasteiger partial charge in [-0.2, -0.15) is 5.26 Å². The van der Waals surface area contributed by atoms with Crippen LogP contribution in [0, 0.1) is 17.1 Å². The third kappa shape index (κ3) is 3.58. The van der Waals surface area contributed by atoms with Gasteiger partial charge >= 0.3 is 0 Å². The predicted molar refractivity (Wildman–Crippen MR) is 98.2 cm³/mol. The third-order valence-electron chi connectivity index (χ3n) is 3.72. The highest BCUT2D eigenvalue weighted by atomic mass is 35.5. The number of ether oxygens (including phenoxy) is 2. The maximum absolute atomic E-state index is 14.1. The molecule has 1 heterocycles. The lowest BCUT2D eigenvalue weighted by atomic mass is 10.2. The van der Waals surface area contributed by atoms with Crippen molar-refractivity contribution in [1.29, 1.82) is 5.26 Å². The Labute approximate surface area is 155 Å². The molecule has 1 N–H and O–H groups in total. The highest BCUT2D eigenvalue weighted by molar-refractivity contribution is 6.33. The van der Waals surface area contributed by atoms with Crippen LogP contribution < -0.4 is 15.0 Å². The molecule has 0 atom stereocenters. The van der Waals surface area contributed by atoms with Crippen molar-refractivity contribution in [2.45, 2.75) is 0 Å². The monoisotopic (exact) mass is 371 g/mol. The Morgan fingerprint density at radius 1 is 1.35 bits per heavy atom. The SMILES string of the molecule is COc1cccc(NC=CC2=C(C#N)N(c3c(F)cccc3Cl)CO2)c1. The second-order valence-electron chi connectivity index (χ2n) is 5.31. The van der Waals surface area contributed by atoms with Gasteiger partial charge in [0.05, 0.1) is 17.8 Å². The Morgan fingerprint density at radius 2 is 2.15 bits per heavy atom. The first-order valence-electron chi connectivity index (χ1n) is 7.70. The van der Waals surface area contributed by atoms with Crippen LogP contribution in [0.5, 0.6) is 5.75 Å². The first-order valence-corrected chi connectivity index (χ1v) is 8.07. The topological polar surface area (TPSA) is 57.5 Å². The third-order valence-corrected chi connectivity index (χ3v) is 4.03. The highest BCUT2D eigenvalue weighted by Crippen LogP contribution is 2.35. The lowest BCUT2D eigenvalue weighted by Crippen LogP contribution is -2.20. The standard InChI is InChI=1S/C19H15ClFN3O2/c1-25-14-5-2-4-13(10-14)23-9-8-18-17(11-22)24(12-26-18)19-15(20)6-3-7-16(19)21/h2-10,23H,12H2,1H3. The lowest BCUT2D eigenvalue weighted by molar-refractivity contribution is 0.257. The molecule has 7 heteroatoms. The van der Waals surface area contributed by atoms with Gasteiger partial charge < -0.3 is 14.8 Å². The van der Waals surface area contributed by atoms with E-state index < -0.39 is 5.82 Å². The van der Waals surface area contributed by atoms with Gasteiger partial charge in [0, 0.05) is 18.0 Å². The molecule has 0 radical (unpaired) electrons. The minimum atomic E-state index is -0.520. The van der Waals surface area contributed by atoms with Gasteiger partial charge in [0.15, 0.2) is 18.2 Å². The van der Waals surface area contributed by atoms with Crippen molar-refractivity contribution in [3.63, 3.8) is 0 Å². The van der Waals surface area contributed by atoms with E-state index in [4.69, 9.17) is 21.1 Å². The molecular weight excluding hydrogens is 357 g/mol. The van der Waals surface area contributed by atoms with E-state index in [0.29, 0.717) is 5.76 Å². The van der Waals surface area contributed by atoms with Crippen LogP contribution in [-0.4, -0.2) is 13.8 Å². The molecule has 0 fully saturated rings. The highest BCUT2D eigenvalue weighted by Gasteiger charge is 2.27. The molecule has 0 aliphatic carbocycles. The Balaban J connectivity index is 1.82. The van der Waals surface area contributed by atoms with Crippen LogP contribution in [0.3, 0.4) is 0 Å². The molecule has 0 spiro atoms. The summed E-state index contributed by atoms with van der Waals surface area (Å²) in [7, 11) is 1.59. The zero-order valence-electron chi connectivity index (χ0n) is 13.9. The summed E-state index contributed by atoms with van der Waals surface area (Å²) < 4.78 is 24.8. The number of hydrogen-bond acceptors (Lipinski definition) is 5. The first-order chi connectivity index (χ1) is 12.6. The molecule has 0 aromatic heterocycles. The maximum Gasteiger partial charge on any atom is 0.166 e. The molecule has 0 unspecified atom stereocenters. The van der Waals surface area contributed by atoms with E-state index in [1.54, 1.807) is 25.5 Å². The van der Waals surface area contributed by atoms with Gasteiger partial charge in [-0.3, -0.25) is 4.90 Å². The number of rotatable bonds is 5. The average molecular weight is 372 g/mol. The van der Waals surface area contributed by atoms with Gasteiger partial charge in [-0.15, -0.1) is 0 Å². The minimum absolute atomic E-state index is 0.00236. The molecule has 0 saturated heterocycles. The molecule has 1 aliphatic rings. The molecule has 3 rings (SSSR count). The summed E-state index contributed by atoms with van der Waals surface area (Å²) >= 11 is 6.08. The minimum Gasteiger partial charge on any atom is -0.497 e. The Morgan fingerprint density at radius 3 is 2.88 bits per heavy atom. The Hall–Kier alpha value is -3.17. The van der Waals surface area contributed by atoms with Crippen molar-refractivity contribution in [2.24, 2.45) is 0 Å². The van der Waals surface area contributed by atoms with Crippen LogP contribution in [-0.2, 0) is 4.74 Å². The van der Waals surface area contributed by atoms with E-state index in [0.717, 1.165) is 11.4 Å². The van der Waals surface area contributed by atoms with Crippen molar-refractivity contribution in [3.8, 4) is 11.8 Å². The van der Waals surface area contributed by atoms with E-state index >= 15 is 0 Å². The molecule has 26 heavy (non-hydrogen) atoms. The molecule has 2 aromatic rings. The smallest absolute Gasteiger partial charge is 0.166 e. The van der Waals surface area contributed by atoms with Crippen LogP contribution in [0.25, 0.3) is 0 Å². The predicted octanol–water partition coefficient (Wildman–Crippen LogP) is 4.64. The largest absolute Gasteiger partial charge is 0.497 e. The average Bonchev–Trinajstić information content (AvgIpc) is 3.04. The van der Waals surface area contributed by atoms with Crippen molar-refractivity contribution < 1.29 is 13.9 Å². The number of allylic oxidation sites excluding steroid dienone is 2. The number of halogens is 2. The van der Waals surface area contributed by atoms with Crippen LogP contribution in [0.2, 0.25) is 5.02 Å². The van der Waals surface area contributed by atoms with Gasteiger partial charge in [-0.1, -0.05) is 23.7 Å². The van der Waals surface area contributed by atoms with Crippen molar-refractivity contribution in [1.82, 2.24) is 0 Å². The van der Waals surface area contributed by atoms with Crippen molar-refractivity contribution in [2.75, 3.05) is 24.1 Å². The summed E-state index contributed by atoms with van der Waals surface area (Å²) in [5.41, 5.74) is 1.11. The lowest BCUT2D eigenvalue weighted by Gasteiger charge is -2.17. The molecule has 132 valence electrons. The van der Waals surface area contributed by atoms with Gasteiger partial charge in [0.1, 0.15) is 17.6 Å². The second-order valence-corrected chi connectivity index (χ2v) is 5.71. The van der Waals surface area contributed by atoms with E-state index in [1.807, 2.05) is 30.3 Å². The number of hydrogen-bond donors (Lipinski definition) is 1. The van der Waals surface area contributed by atoms with Crippen LogP contribution in [0.4, 0.5) is 15.8 Å². The molecule has 0 amide bonds. The van der Waals surface area contributed by atoms with E-state index in [-0.39, 0.29) is 23.1 Å². The van der Waals surface area contributed by atoms with E-state index in [2.05, 4.69) is 5.32 Å². The number of nitrogens with zero attached hydrogens (tertiary/aromatic N) is 2. The molecule has 0 bridgehead atoms. The van der Waals surface area contributed by atoms with Crippen LogP contribution in [0.15, 0.2) is 66.2 Å². The van der Waals surface area contributed by atoms with Crippen LogP contribution >= 0.6 is 11.6 Å². The summed E-state index contributed by atoms with van der Waals surface area (Å²) in [6.45, 7) is 0.00236. The fourth-order valence-electron chi connectivity index (χ4n) is 2.49. The number of nitriles is 1. The van der Waals surface area contributed by atoms with Gasteiger partial charge in [0.2, 0.25) is 0 Å². The number of methoxy groups -OCH3 is 1. The van der Waals surface area contributed by atoms with E-state index in [9.17, 15) is 9.65 Å². The summed E-state index contributed by atoms with van der Waals surface area (Å²) in [5, 5.41) is 12.7. The number of anilines is 2. The maximum atomic E-state index is 14.1.